The number of aromatic nitrogens is 4. The third-order valence-corrected chi connectivity index (χ3v) is 6.31. The van der Waals surface area contributed by atoms with Crippen molar-refractivity contribution in [1.82, 2.24) is 30.0 Å². The third-order valence-electron chi connectivity index (χ3n) is 6.31. The van der Waals surface area contributed by atoms with Gasteiger partial charge in [-0.05, 0) is 44.5 Å². The fraction of sp³-hybridized carbons (Fsp3) is 0.391. The van der Waals surface area contributed by atoms with Gasteiger partial charge in [-0.1, -0.05) is 6.07 Å². The van der Waals surface area contributed by atoms with Gasteiger partial charge < -0.3 is 20.7 Å². The van der Waals surface area contributed by atoms with Crippen molar-refractivity contribution in [2.45, 2.75) is 38.3 Å². The number of nitrogens with zero attached hydrogens (tertiary/aromatic N) is 5. The predicted molar refractivity (Wildman–Crippen MR) is 120 cm³/mol. The molecule has 2 aliphatic rings. The van der Waals surface area contributed by atoms with Gasteiger partial charge in [0, 0.05) is 55.2 Å². The topological polar surface area (TPSA) is 111 Å². The van der Waals surface area contributed by atoms with Gasteiger partial charge in [0.25, 0.3) is 0 Å². The molecule has 0 aromatic carbocycles. The molecule has 5 heterocycles. The molecule has 2 aliphatic heterocycles. The first-order chi connectivity index (χ1) is 15.5. The summed E-state index contributed by atoms with van der Waals surface area (Å²) in [6.45, 7) is 6.79. The molecule has 0 bridgehead atoms. The molecule has 2 amide bonds. The predicted octanol–water partition coefficient (Wildman–Crippen LogP) is 2.75. The Bertz CT molecular complexity index is 1140. The number of nitrogens with one attached hydrogen (secondary N) is 1. The van der Waals surface area contributed by atoms with E-state index in [9.17, 15) is 4.79 Å². The summed E-state index contributed by atoms with van der Waals surface area (Å²) in [6.07, 6.45) is 4.20. The van der Waals surface area contributed by atoms with E-state index in [1.165, 1.54) is 5.69 Å². The zero-order valence-electron chi connectivity index (χ0n) is 18.3. The minimum absolute atomic E-state index is 0.00265. The van der Waals surface area contributed by atoms with Gasteiger partial charge in [0.2, 0.25) is 0 Å². The smallest absolute Gasteiger partial charge is 0.317 e. The minimum atomic E-state index is -0.263. The van der Waals surface area contributed by atoms with Crippen molar-refractivity contribution in [3.63, 3.8) is 0 Å². The van der Waals surface area contributed by atoms with Gasteiger partial charge in [-0.15, -0.1) is 0 Å². The number of pyridine rings is 2. The molecule has 9 heteroatoms. The maximum Gasteiger partial charge on any atom is 0.317 e. The second-order valence-electron chi connectivity index (χ2n) is 8.48. The van der Waals surface area contributed by atoms with Crippen LogP contribution in [0.3, 0.4) is 0 Å². The molecule has 1 atom stereocenters. The van der Waals surface area contributed by atoms with Gasteiger partial charge >= 0.3 is 6.03 Å². The van der Waals surface area contributed by atoms with Crippen LogP contribution in [0.2, 0.25) is 0 Å². The van der Waals surface area contributed by atoms with Gasteiger partial charge in [0.05, 0.1) is 11.4 Å². The molecule has 3 aromatic heterocycles. The van der Waals surface area contributed by atoms with E-state index < -0.39 is 0 Å². The average Bonchev–Trinajstić information content (AvgIpc) is 3.34. The molecule has 3 aromatic rings. The quantitative estimate of drug-likeness (QED) is 0.640. The molecule has 0 saturated carbocycles. The van der Waals surface area contributed by atoms with Crippen molar-refractivity contribution in [3.05, 3.63) is 54.1 Å². The highest BCUT2D eigenvalue weighted by atomic mass is 16.5. The van der Waals surface area contributed by atoms with Crippen molar-refractivity contribution >= 4 is 11.8 Å². The first-order valence-corrected chi connectivity index (χ1v) is 10.9. The minimum Gasteiger partial charge on any atom is -0.481 e. The number of ether oxygens (including phenoxy) is 1. The largest absolute Gasteiger partial charge is 0.481 e. The van der Waals surface area contributed by atoms with E-state index in [-0.39, 0.29) is 17.6 Å². The SMILES string of the molecule is CCNC(=O)N1CC2(CCn3nc(-c4cnc(N)c(O[C@H](C)c5ccccn5)c4)cc32)C1. The number of hydrogen-bond donors (Lipinski definition) is 2. The Morgan fingerprint density at radius 1 is 1.31 bits per heavy atom. The third kappa shape index (κ3) is 3.43. The molecular formula is C23H27N7O2. The van der Waals surface area contributed by atoms with Crippen molar-refractivity contribution in [1.29, 1.82) is 0 Å². The maximum absolute atomic E-state index is 12.1. The van der Waals surface area contributed by atoms with Crippen molar-refractivity contribution in [2.75, 3.05) is 25.4 Å². The lowest BCUT2D eigenvalue weighted by atomic mass is 9.76. The number of amides is 2. The van der Waals surface area contributed by atoms with Gasteiger partial charge in [0.1, 0.15) is 6.10 Å². The zero-order chi connectivity index (χ0) is 22.3. The van der Waals surface area contributed by atoms with Crippen LogP contribution in [0.5, 0.6) is 5.75 Å². The highest BCUT2D eigenvalue weighted by Gasteiger charge is 2.51. The molecule has 32 heavy (non-hydrogen) atoms. The molecule has 1 spiro atoms. The van der Waals surface area contributed by atoms with E-state index in [2.05, 4.69) is 26.0 Å². The van der Waals surface area contributed by atoms with Crippen LogP contribution in [0.15, 0.2) is 42.7 Å². The number of nitrogens with two attached hydrogens (primary N) is 1. The lowest BCUT2D eigenvalue weighted by Crippen LogP contribution is -2.62. The lowest BCUT2D eigenvalue weighted by Gasteiger charge is -2.47. The summed E-state index contributed by atoms with van der Waals surface area (Å²) < 4.78 is 8.13. The molecule has 9 nitrogen and oxygen atoms in total. The first kappa shape index (κ1) is 20.3. The summed E-state index contributed by atoms with van der Waals surface area (Å²) in [5.74, 6) is 0.839. The van der Waals surface area contributed by atoms with E-state index in [0.717, 1.165) is 43.0 Å². The number of hydrogen-bond acceptors (Lipinski definition) is 6. The highest BCUT2D eigenvalue weighted by molar-refractivity contribution is 5.76. The van der Waals surface area contributed by atoms with Crippen molar-refractivity contribution in [2.24, 2.45) is 0 Å². The number of likely N-dealkylation sites (tertiary alicyclic amines) is 1. The second-order valence-corrected chi connectivity index (χ2v) is 8.48. The molecule has 0 radical (unpaired) electrons. The monoisotopic (exact) mass is 433 g/mol. The molecule has 5 rings (SSSR count). The van der Waals surface area contributed by atoms with Crippen LogP contribution < -0.4 is 15.8 Å². The van der Waals surface area contributed by atoms with Gasteiger partial charge in [-0.25, -0.2) is 9.78 Å². The van der Waals surface area contributed by atoms with Crippen LogP contribution in [0.25, 0.3) is 11.3 Å². The number of nitrogen functional groups attached to an aromatic ring is 1. The number of urea groups is 1. The molecular weight excluding hydrogens is 406 g/mol. The molecule has 0 unspecified atom stereocenters. The Balaban J connectivity index is 1.36. The number of aryl methyl sites for hydroxylation is 1. The fourth-order valence-electron chi connectivity index (χ4n) is 4.57. The molecule has 0 aliphatic carbocycles. The zero-order valence-corrected chi connectivity index (χ0v) is 18.3. The van der Waals surface area contributed by atoms with Crippen molar-refractivity contribution < 1.29 is 9.53 Å². The summed E-state index contributed by atoms with van der Waals surface area (Å²) in [4.78, 5) is 22.7. The van der Waals surface area contributed by atoms with Crippen LogP contribution in [0.1, 0.15) is 37.8 Å². The van der Waals surface area contributed by atoms with Gasteiger partial charge in [-0.2, -0.15) is 5.10 Å². The summed E-state index contributed by atoms with van der Waals surface area (Å²) in [5.41, 5.74) is 9.75. The first-order valence-electron chi connectivity index (χ1n) is 10.9. The molecule has 166 valence electrons. The normalized spacial score (nSPS) is 17.0. The van der Waals surface area contributed by atoms with Crippen LogP contribution in [0.4, 0.5) is 10.6 Å². The number of rotatable bonds is 5. The Hall–Kier alpha value is -3.62. The Morgan fingerprint density at radius 3 is 2.91 bits per heavy atom. The van der Waals surface area contributed by atoms with Crippen LogP contribution in [-0.4, -0.2) is 50.3 Å². The van der Waals surface area contributed by atoms with E-state index in [1.807, 2.05) is 43.0 Å². The molecule has 1 fully saturated rings. The summed E-state index contributed by atoms with van der Waals surface area (Å²) in [7, 11) is 0. The Labute approximate surface area is 186 Å². The Kier molecular flexibility index (Phi) is 4.96. The van der Waals surface area contributed by atoms with Crippen LogP contribution in [-0.2, 0) is 12.0 Å². The van der Waals surface area contributed by atoms with E-state index in [0.29, 0.717) is 18.1 Å². The summed E-state index contributed by atoms with van der Waals surface area (Å²) in [5, 5.41) is 7.68. The number of anilines is 1. The van der Waals surface area contributed by atoms with E-state index in [4.69, 9.17) is 15.6 Å². The Morgan fingerprint density at radius 2 is 2.16 bits per heavy atom. The molecule has 3 N–H and O–H groups in total. The van der Waals surface area contributed by atoms with Gasteiger partial charge in [0.15, 0.2) is 11.6 Å². The summed E-state index contributed by atoms with van der Waals surface area (Å²) >= 11 is 0. The van der Waals surface area contributed by atoms with Gasteiger partial charge in [-0.3, -0.25) is 9.67 Å². The van der Waals surface area contributed by atoms with Crippen molar-refractivity contribution in [3.8, 4) is 17.0 Å². The standard InChI is InChI=1S/C23H27N7O2/c1-3-25-22(31)29-13-23(14-29)7-9-30-20(23)11-18(28-30)16-10-19(21(24)27-12-16)32-15(2)17-6-4-5-8-26-17/h4-6,8,10-12,15H,3,7,9,13-14H2,1-2H3,(H2,24,27)(H,25,31)/t15-/m1/s1. The summed E-state index contributed by atoms with van der Waals surface area (Å²) in [6, 6.07) is 9.71. The second kappa shape index (κ2) is 7.81. The maximum atomic E-state index is 12.1. The van der Waals surface area contributed by atoms with Crippen LogP contribution in [0, 0.1) is 0 Å². The lowest BCUT2D eigenvalue weighted by molar-refractivity contribution is 0.0925. The highest BCUT2D eigenvalue weighted by Crippen LogP contribution is 2.44. The van der Waals surface area contributed by atoms with E-state index in [1.54, 1.807) is 12.4 Å². The molecule has 1 saturated heterocycles. The van der Waals surface area contributed by atoms with Crippen LogP contribution >= 0.6 is 0 Å². The number of fused-ring (bicyclic) bond motifs is 2. The fourth-order valence-corrected chi connectivity index (χ4v) is 4.57. The van der Waals surface area contributed by atoms with E-state index >= 15 is 0 Å². The average molecular weight is 434 g/mol. The number of carbonyl (C=O) groups excluding carboxylic acids is 1. The number of carbonyl (C=O) groups is 1.